The Morgan fingerprint density at radius 3 is 2.95 bits per heavy atom. The Labute approximate surface area is 133 Å². The van der Waals surface area contributed by atoms with Gasteiger partial charge < -0.3 is 10.4 Å². The molecule has 2 unspecified atom stereocenters. The number of nitrogens with one attached hydrogen (secondary N) is 1. The van der Waals surface area contributed by atoms with Crippen LogP contribution in [0.2, 0.25) is 0 Å². The Balaban J connectivity index is 2.13. The fourth-order valence-electron chi connectivity index (χ4n) is 2.85. The van der Waals surface area contributed by atoms with Crippen LogP contribution < -0.4 is 10.9 Å². The van der Waals surface area contributed by atoms with Crippen molar-refractivity contribution in [1.82, 2.24) is 9.78 Å². The Hall–Kier alpha value is -0.880. The van der Waals surface area contributed by atoms with Crippen molar-refractivity contribution in [2.75, 3.05) is 11.9 Å². The molecule has 0 aromatic carbocycles. The van der Waals surface area contributed by atoms with Gasteiger partial charge in [-0.25, -0.2) is 4.68 Å². The van der Waals surface area contributed by atoms with Gasteiger partial charge in [-0.05, 0) is 35.2 Å². The van der Waals surface area contributed by atoms with E-state index in [1.807, 2.05) is 0 Å². The van der Waals surface area contributed by atoms with Crippen LogP contribution in [0.3, 0.4) is 0 Å². The second-order valence-corrected chi connectivity index (χ2v) is 6.53. The van der Waals surface area contributed by atoms with Gasteiger partial charge in [0, 0.05) is 25.1 Å². The minimum absolute atomic E-state index is 0.0928. The second-order valence-electron chi connectivity index (χ2n) is 5.73. The number of anilines is 1. The Kier molecular flexibility index (Phi) is 6.23. The quantitative estimate of drug-likeness (QED) is 0.821. The topological polar surface area (TPSA) is 67.2 Å². The molecule has 1 fully saturated rings. The van der Waals surface area contributed by atoms with Gasteiger partial charge >= 0.3 is 0 Å². The van der Waals surface area contributed by atoms with Crippen LogP contribution in [0.25, 0.3) is 0 Å². The molecule has 0 amide bonds. The molecule has 2 atom stereocenters. The van der Waals surface area contributed by atoms with Crippen LogP contribution in [0.5, 0.6) is 0 Å². The molecular weight excluding hydrogens is 334 g/mol. The molecule has 1 aliphatic carbocycles. The van der Waals surface area contributed by atoms with Crippen molar-refractivity contribution in [2.24, 2.45) is 5.92 Å². The van der Waals surface area contributed by atoms with Gasteiger partial charge in [0.25, 0.3) is 5.56 Å². The van der Waals surface area contributed by atoms with Gasteiger partial charge in [0.2, 0.25) is 0 Å². The first-order valence-electron chi connectivity index (χ1n) is 7.80. The standard InChI is InChI=1S/C15H24BrN3O2/c1-2-3-8-19-15(21)14(16)13(9-17-19)18-12-7-5-4-6-11(12)10-20/h9,11-12,18,20H,2-8,10H2,1H3. The minimum atomic E-state index is -0.0928. The van der Waals surface area contributed by atoms with E-state index < -0.39 is 0 Å². The molecule has 2 rings (SSSR count). The number of hydrogen-bond acceptors (Lipinski definition) is 4. The smallest absolute Gasteiger partial charge is 0.283 e. The number of unbranched alkanes of at least 4 members (excludes halogenated alkanes) is 1. The second kappa shape index (κ2) is 7.94. The molecule has 21 heavy (non-hydrogen) atoms. The lowest BCUT2D eigenvalue weighted by molar-refractivity contribution is 0.178. The van der Waals surface area contributed by atoms with E-state index >= 15 is 0 Å². The number of rotatable bonds is 6. The lowest BCUT2D eigenvalue weighted by Crippen LogP contribution is -2.35. The first kappa shape index (κ1) is 16.5. The SMILES string of the molecule is CCCCn1ncc(NC2CCCCC2CO)c(Br)c1=O. The maximum absolute atomic E-state index is 12.3. The third kappa shape index (κ3) is 4.07. The predicted molar refractivity (Wildman–Crippen MR) is 87.6 cm³/mol. The summed E-state index contributed by atoms with van der Waals surface area (Å²) in [4.78, 5) is 12.3. The van der Waals surface area contributed by atoms with Gasteiger partial charge in [0.15, 0.2) is 0 Å². The van der Waals surface area contributed by atoms with E-state index in [0.29, 0.717) is 11.0 Å². The van der Waals surface area contributed by atoms with Crippen LogP contribution in [0.4, 0.5) is 5.69 Å². The highest BCUT2D eigenvalue weighted by atomic mass is 79.9. The Morgan fingerprint density at radius 2 is 2.24 bits per heavy atom. The molecule has 2 N–H and O–H groups in total. The zero-order valence-corrected chi connectivity index (χ0v) is 14.1. The van der Waals surface area contributed by atoms with Crippen molar-refractivity contribution >= 4 is 21.6 Å². The number of hydrogen-bond donors (Lipinski definition) is 2. The van der Waals surface area contributed by atoms with Crippen LogP contribution in [0.1, 0.15) is 45.4 Å². The number of aliphatic hydroxyl groups excluding tert-OH is 1. The highest BCUT2D eigenvalue weighted by molar-refractivity contribution is 9.10. The average molecular weight is 358 g/mol. The van der Waals surface area contributed by atoms with Crippen molar-refractivity contribution in [1.29, 1.82) is 0 Å². The Morgan fingerprint density at radius 1 is 1.48 bits per heavy atom. The van der Waals surface area contributed by atoms with Crippen molar-refractivity contribution in [3.63, 3.8) is 0 Å². The van der Waals surface area contributed by atoms with Gasteiger partial charge in [0.05, 0.1) is 11.9 Å². The minimum Gasteiger partial charge on any atom is -0.396 e. The largest absolute Gasteiger partial charge is 0.396 e. The lowest BCUT2D eigenvalue weighted by Gasteiger charge is -2.31. The molecule has 1 heterocycles. The zero-order valence-electron chi connectivity index (χ0n) is 12.5. The van der Waals surface area contributed by atoms with Crippen molar-refractivity contribution in [3.8, 4) is 0 Å². The van der Waals surface area contributed by atoms with Crippen LogP contribution in [-0.4, -0.2) is 27.5 Å². The van der Waals surface area contributed by atoms with E-state index in [9.17, 15) is 9.90 Å². The van der Waals surface area contributed by atoms with Crippen LogP contribution in [0, 0.1) is 5.92 Å². The average Bonchev–Trinajstić information content (AvgIpc) is 2.51. The first-order chi connectivity index (χ1) is 10.2. The summed E-state index contributed by atoms with van der Waals surface area (Å²) < 4.78 is 2.04. The number of halogens is 1. The summed E-state index contributed by atoms with van der Waals surface area (Å²) in [7, 11) is 0. The summed E-state index contributed by atoms with van der Waals surface area (Å²) in [5.41, 5.74) is 0.642. The zero-order chi connectivity index (χ0) is 15.2. The van der Waals surface area contributed by atoms with Crippen LogP contribution >= 0.6 is 15.9 Å². The molecule has 118 valence electrons. The summed E-state index contributed by atoms with van der Waals surface area (Å²) in [5.74, 6) is 0.258. The fraction of sp³-hybridized carbons (Fsp3) is 0.733. The van der Waals surface area contributed by atoms with E-state index in [2.05, 4.69) is 33.3 Å². The van der Waals surface area contributed by atoms with Gasteiger partial charge in [-0.3, -0.25) is 4.79 Å². The fourth-order valence-corrected chi connectivity index (χ4v) is 3.27. The van der Waals surface area contributed by atoms with Gasteiger partial charge in [-0.2, -0.15) is 5.10 Å². The lowest BCUT2D eigenvalue weighted by atomic mass is 9.85. The number of nitrogens with zero attached hydrogens (tertiary/aromatic N) is 2. The van der Waals surface area contributed by atoms with Gasteiger partial charge in [-0.15, -0.1) is 0 Å². The molecule has 1 aromatic heterocycles. The van der Waals surface area contributed by atoms with Crippen molar-refractivity contribution in [2.45, 2.75) is 58.0 Å². The normalized spacial score (nSPS) is 22.2. The van der Waals surface area contributed by atoms with E-state index in [1.54, 1.807) is 6.20 Å². The maximum Gasteiger partial charge on any atom is 0.283 e. The molecule has 0 saturated heterocycles. The molecule has 0 bridgehead atoms. The highest BCUT2D eigenvalue weighted by Crippen LogP contribution is 2.28. The first-order valence-corrected chi connectivity index (χ1v) is 8.59. The molecule has 0 radical (unpaired) electrons. The summed E-state index contributed by atoms with van der Waals surface area (Å²) in [6.07, 6.45) is 8.08. The van der Waals surface area contributed by atoms with E-state index in [4.69, 9.17) is 0 Å². The van der Waals surface area contributed by atoms with Gasteiger partial charge in [-0.1, -0.05) is 26.2 Å². The molecule has 1 aliphatic rings. The molecule has 1 saturated carbocycles. The molecule has 0 spiro atoms. The summed E-state index contributed by atoms with van der Waals surface area (Å²) >= 11 is 3.39. The number of aromatic nitrogens is 2. The predicted octanol–water partition coefficient (Wildman–Crippen LogP) is 2.77. The molecule has 1 aromatic rings. The monoisotopic (exact) mass is 357 g/mol. The highest BCUT2D eigenvalue weighted by Gasteiger charge is 2.25. The van der Waals surface area contributed by atoms with Gasteiger partial charge in [0.1, 0.15) is 4.47 Å². The summed E-state index contributed by atoms with van der Waals surface area (Å²) in [5, 5.41) is 17.1. The van der Waals surface area contributed by atoms with E-state index in [-0.39, 0.29) is 24.1 Å². The number of aryl methyl sites for hydroxylation is 1. The van der Waals surface area contributed by atoms with E-state index in [1.165, 1.54) is 11.1 Å². The Bertz CT molecular complexity index is 518. The summed E-state index contributed by atoms with van der Waals surface area (Å²) in [6, 6.07) is 0.216. The van der Waals surface area contributed by atoms with Crippen molar-refractivity contribution in [3.05, 3.63) is 21.0 Å². The molecule has 0 aliphatic heterocycles. The third-order valence-electron chi connectivity index (χ3n) is 4.19. The maximum atomic E-state index is 12.3. The molecule has 6 heteroatoms. The molecule has 5 nitrogen and oxygen atoms in total. The molecular formula is C15H24BrN3O2. The number of aliphatic hydroxyl groups is 1. The summed E-state index contributed by atoms with van der Waals surface area (Å²) in [6.45, 7) is 2.93. The third-order valence-corrected chi connectivity index (χ3v) is 4.96. The van der Waals surface area contributed by atoms with Crippen LogP contribution in [-0.2, 0) is 6.54 Å². The van der Waals surface area contributed by atoms with Crippen molar-refractivity contribution < 1.29 is 5.11 Å². The van der Waals surface area contributed by atoms with E-state index in [0.717, 1.165) is 37.8 Å². The van der Waals surface area contributed by atoms with Crippen LogP contribution in [0.15, 0.2) is 15.5 Å².